The Bertz CT molecular complexity index is 539. The maximum atomic E-state index is 10.8. The van der Waals surface area contributed by atoms with Crippen molar-refractivity contribution in [1.82, 2.24) is 25.3 Å². The summed E-state index contributed by atoms with van der Waals surface area (Å²) in [5.74, 6) is -0.676. The maximum absolute atomic E-state index is 10.8. The van der Waals surface area contributed by atoms with Crippen molar-refractivity contribution in [2.24, 2.45) is 5.92 Å². The minimum Gasteiger partial charge on any atom is -0.481 e. The van der Waals surface area contributed by atoms with Crippen LogP contribution in [-0.4, -0.2) is 49.9 Å². The number of aromatic nitrogens is 5. The normalized spacial score (nSPS) is 12.6. The van der Waals surface area contributed by atoms with Gasteiger partial charge in [-0.25, -0.2) is 0 Å². The summed E-state index contributed by atoms with van der Waals surface area (Å²) in [5.41, 5.74) is 0.549. The summed E-state index contributed by atoms with van der Waals surface area (Å²) in [7, 11) is 1.78. The average Bonchev–Trinajstić information content (AvgIpc) is 2.75. The predicted octanol–water partition coefficient (Wildman–Crippen LogP) is -0.324. The molecule has 2 aromatic heterocycles. The van der Waals surface area contributed by atoms with Crippen molar-refractivity contribution in [2.45, 2.75) is 6.92 Å². The molecule has 0 aliphatic heterocycles. The molecule has 1 atom stereocenters. The van der Waals surface area contributed by atoms with E-state index in [-0.39, 0.29) is 0 Å². The molecule has 0 aliphatic rings. The van der Waals surface area contributed by atoms with E-state index in [2.05, 4.69) is 20.6 Å². The fourth-order valence-corrected chi connectivity index (χ4v) is 1.43. The molecule has 8 heteroatoms. The van der Waals surface area contributed by atoms with E-state index in [1.807, 2.05) is 0 Å². The number of hydrogen-bond acceptors (Lipinski definition) is 6. The molecule has 0 saturated carbocycles. The van der Waals surface area contributed by atoms with Crippen LogP contribution in [0.3, 0.4) is 0 Å². The smallest absolute Gasteiger partial charge is 0.308 e. The minimum absolute atomic E-state index is 0.371. The summed E-state index contributed by atoms with van der Waals surface area (Å²) >= 11 is 0. The largest absolute Gasteiger partial charge is 0.481 e. The van der Waals surface area contributed by atoms with Gasteiger partial charge >= 0.3 is 5.97 Å². The molecule has 0 bridgehead atoms. The summed E-state index contributed by atoms with van der Waals surface area (Å²) in [5, 5.41) is 23.9. The molecule has 0 fully saturated rings. The lowest BCUT2D eigenvalue weighted by Crippen LogP contribution is -2.29. The van der Waals surface area contributed by atoms with Crippen molar-refractivity contribution in [3.63, 3.8) is 0 Å². The fourth-order valence-electron chi connectivity index (χ4n) is 1.43. The second-order valence-electron chi connectivity index (χ2n) is 3.84. The Labute approximate surface area is 96.8 Å². The van der Waals surface area contributed by atoms with E-state index < -0.39 is 11.9 Å². The van der Waals surface area contributed by atoms with Crippen LogP contribution >= 0.6 is 0 Å². The molecule has 2 aromatic rings. The van der Waals surface area contributed by atoms with Crippen LogP contribution < -0.4 is 4.90 Å². The van der Waals surface area contributed by atoms with Crippen LogP contribution in [0.4, 0.5) is 5.82 Å². The number of carboxylic acid groups (broad SMARTS) is 1. The van der Waals surface area contributed by atoms with Gasteiger partial charge in [0.05, 0.1) is 5.92 Å². The monoisotopic (exact) mass is 236 g/mol. The van der Waals surface area contributed by atoms with Crippen molar-refractivity contribution in [1.29, 1.82) is 0 Å². The van der Waals surface area contributed by atoms with E-state index in [1.165, 1.54) is 4.63 Å². The van der Waals surface area contributed by atoms with Gasteiger partial charge in [-0.15, -0.1) is 14.8 Å². The van der Waals surface area contributed by atoms with Gasteiger partial charge in [-0.3, -0.25) is 4.79 Å². The SMILES string of the molecule is CC(CN(C)c1ccc2nnnn2n1)C(=O)O. The van der Waals surface area contributed by atoms with Crippen LogP contribution in [0.25, 0.3) is 5.65 Å². The number of carbonyl (C=O) groups is 1. The number of aliphatic carboxylic acids is 1. The molecule has 0 amide bonds. The Kier molecular flexibility index (Phi) is 2.86. The molecule has 17 heavy (non-hydrogen) atoms. The zero-order valence-electron chi connectivity index (χ0n) is 9.48. The molecule has 8 nitrogen and oxygen atoms in total. The van der Waals surface area contributed by atoms with Crippen LogP contribution in [-0.2, 0) is 4.79 Å². The van der Waals surface area contributed by atoms with Gasteiger partial charge in [0.25, 0.3) is 0 Å². The van der Waals surface area contributed by atoms with Gasteiger partial charge < -0.3 is 10.0 Å². The molecular weight excluding hydrogens is 224 g/mol. The summed E-state index contributed by atoms with van der Waals surface area (Å²) in [6, 6.07) is 3.48. The van der Waals surface area contributed by atoms with Crippen LogP contribution in [0.1, 0.15) is 6.92 Å². The van der Waals surface area contributed by atoms with E-state index in [0.717, 1.165) is 0 Å². The van der Waals surface area contributed by atoms with Gasteiger partial charge in [0, 0.05) is 13.6 Å². The van der Waals surface area contributed by atoms with Crippen molar-refractivity contribution in [3.05, 3.63) is 12.1 Å². The van der Waals surface area contributed by atoms with Crippen molar-refractivity contribution in [2.75, 3.05) is 18.5 Å². The first-order valence-electron chi connectivity index (χ1n) is 5.07. The average molecular weight is 236 g/mol. The molecule has 0 spiro atoms. The Hall–Kier alpha value is -2.25. The second kappa shape index (κ2) is 4.32. The number of carboxylic acids is 1. The standard InChI is InChI=1S/C9H12N6O2/c1-6(9(16)17)5-14(2)8-4-3-7-10-12-13-15(7)11-8/h3-4,6H,5H2,1-2H3,(H,16,17). The molecule has 2 heterocycles. The molecule has 0 aromatic carbocycles. The Morgan fingerprint density at radius 1 is 1.59 bits per heavy atom. The van der Waals surface area contributed by atoms with Crippen molar-refractivity contribution >= 4 is 17.4 Å². The van der Waals surface area contributed by atoms with Crippen LogP contribution in [0.5, 0.6) is 0 Å². The molecule has 0 radical (unpaired) electrons. The first-order chi connectivity index (χ1) is 8.08. The van der Waals surface area contributed by atoms with Gasteiger partial charge in [-0.2, -0.15) is 0 Å². The third-order valence-corrected chi connectivity index (χ3v) is 2.42. The van der Waals surface area contributed by atoms with Crippen LogP contribution in [0.2, 0.25) is 0 Å². The van der Waals surface area contributed by atoms with Gasteiger partial charge in [-0.05, 0) is 22.6 Å². The highest BCUT2D eigenvalue weighted by atomic mass is 16.4. The lowest BCUT2D eigenvalue weighted by Gasteiger charge is -2.19. The molecule has 1 N–H and O–H groups in total. The van der Waals surface area contributed by atoms with E-state index >= 15 is 0 Å². The lowest BCUT2D eigenvalue weighted by atomic mass is 10.2. The topological polar surface area (TPSA) is 96.5 Å². The number of rotatable bonds is 4. The zero-order valence-corrected chi connectivity index (χ0v) is 9.48. The molecule has 0 aliphatic carbocycles. The van der Waals surface area contributed by atoms with E-state index in [1.54, 1.807) is 31.0 Å². The number of hydrogen-bond donors (Lipinski definition) is 1. The second-order valence-corrected chi connectivity index (χ2v) is 3.84. The molecule has 2 rings (SSSR count). The third kappa shape index (κ3) is 2.30. The first kappa shape index (κ1) is 11.2. The van der Waals surface area contributed by atoms with E-state index in [9.17, 15) is 4.79 Å². The Balaban J connectivity index is 2.18. The maximum Gasteiger partial charge on any atom is 0.308 e. The fraction of sp³-hybridized carbons (Fsp3) is 0.444. The molecule has 90 valence electrons. The number of anilines is 1. The predicted molar refractivity (Wildman–Crippen MR) is 58.6 cm³/mol. The summed E-state index contributed by atoms with van der Waals surface area (Å²) < 4.78 is 1.30. The van der Waals surface area contributed by atoms with Crippen LogP contribution in [0, 0.1) is 5.92 Å². The van der Waals surface area contributed by atoms with Gasteiger partial charge in [0.2, 0.25) is 0 Å². The number of nitrogens with zero attached hydrogens (tertiary/aromatic N) is 6. The van der Waals surface area contributed by atoms with Crippen LogP contribution in [0.15, 0.2) is 12.1 Å². The van der Waals surface area contributed by atoms with Gasteiger partial charge in [0.1, 0.15) is 0 Å². The van der Waals surface area contributed by atoms with E-state index in [0.29, 0.717) is 18.0 Å². The lowest BCUT2D eigenvalue weighted by molar-refractivity contribution is -0.140. The molecule has 0 saturated heterocycles. The van der Waals surface area contributed by atoms with Gasteiger partial charge in [0.15, 0.2) is 11.5 Å². The Morgan fingerprint density at radius 3 is 3.06 bits per heavy atom. The van der Waals surface area contributed by atoms with Crippen molar-refractivity contribution < 1.29 is 9.90 Å². The summed E-state index contributed by atoms with van der Waals surface area (Å²) in [6.07, 6.45) is 0. The Morgan fingerprint density at radius 2 is 2.35 bits per heavy atom. The molecule has 1 unspecified atom stereocenters. The highest BCUT2D eigenvalue weighted by molar-refractivity contribution is 5.70. The number of tetrazole rings is 1. The summed E-state index contributed by atoms with van der Waals surface area (Å²) in [4.78, 5) is 12.5. The third-order valence-electron chi connectivity index (χ3n) is 2.42. The highest BCUT2D eigenvalue weighted by Crippen LogP contribution is 2.10. The van der Waals surface area contributed by atoms with Crippen molar-refractivity contribution in [3.8, 4) is 0 Å². The van der Waals surface area contributed by atoms with Gasteiger partial charge in [-0.1, -0.05) is 6.92 Å². The molecular formula is C9H12N6O2. The van der Waals surface area contributed by atoms with E-state index in [4.69, 9.17) is 5.11 Å². The first-order valence-corrected chi connectivity index (χ1v) is 5.07. The zero-order chi connectivity index (χ0) is 12.4. The number of fused-ring (bicyclic) bond motifs is 1. The minimum atomic E-state index is -0.833. The summed E-state index contributed by atoms with van der Waals surface area (Å²) in [6.45, 7) is 2.02. The quantitative estimate of drug-likeness (QED) is 0.776. The highest BCUT2D eigenvalue weighted by Gasteiger charge is 2.15.